The summed E-state index contributed by atoms with van der Waals surface area (Å²) in [6.07, 6.45) is 8.23. The SMILES string of the molecule is CC[C@H]1CCC[C@H](NC(=O)N2CCC(OCCOC)CC2)C1. The molecule has 1 N–H and O–H groups in total. The van der Waals surface area contributed by atoms with Crippen molar-refractivity contribution in [3.05, 3.63) is 0 Å². The van der Waals surface area contributed by atoms with E-state index in [0.717, 1.165) is 44.7 Å². The second kappa shape index (κ2) is 9.36. The first kappa shape index (κ1) is 17.5. The highest BCUT2D eigenvalue weighted by Gasteiger charge is 2.27. The third-order valence-corrected chi connectivity index (χ3v) is 5.06. The Labute approximate surface area is 134 Å². The van der Waals surface area contributed by atoms with E-state index in [4.69, 9.17) is 9.47 Å². The van der Waals surface area contributed by atoms with E-state index >= 15 is 0 Å². The van der Waals surface area contributed by atoms with Crippen molar-refractivity contribution in [2.24, 2.45) is 5.92 Å². The second-order valence-electron chi connectivity index (χ2n) is 6.64. The third kappa shape index (κ3) is 5.43. The van der Waals surface area contributed by atoms with Gasteiger partial charge in [0.2, 0.25) is 0 Å². The van der Waals surface area contributed by atoms with Crippen LogP contribution in [0.25, 0.3) is 0 Å². The van der Waals surface area contributed by atoms with E-state index in [9.17, 15) is 4.79 Å². The molecule has 2 fully saturated rings. The Kier molecular flexibility index (Phi) is 7.46. The molecular formula is C17H32N2O3. The maximum Gasteiger partial charge on any atom is 0.317 e. The molecule has 5 nitrogen and oxygen atoms in total. The molecule has 0 aromatic rings. The van der Waals surface area contributed by atoms with Gasteiger partial charge in [-0.25, -0.2) is 4.79 Å². The number of methoxy groups -OCH3 is 1. The maximum absolute atomic E-state index is 12.4. The number of carbonyl (C=O) groups excluding carboxylic acids is 1. The minimum absolute atomic E-state index is 0.122. The molecule has 2 rings (SSSR count). The summed E-state index contributed by atoms with van der Waals surface area (Å²) in [5.41, 5.74) is 0. The predicted molar refractivity (Wildman–Crippen MR) is 87.0 cm³/mol. The molecule has 2 atom stereocenters. The number of piperidine rings is 1. The normalized spacial score (nSPS) is 26.9. The molecule has 0 aromatic heterocycles. The van der Waals surface area contributed by atoms with Crippen LogP contribution < -0.4 is 5.32 Å². The summed E-state index contributed by atoms with van der Waals surface area (Å²) in [6, 6.07) is 0.499. The van der Waals surface area contributed by atoms with Gasteiger partial charge in [-0.3, -0.25) is 0 Å². The first-order valence-corrected chi connectivity index (χ1v) is 8.89. The van der Waals surface area contributed by atoms with E-state index in [2.05, 4.69) is 12.2 Å². The Morgan fingerprint density at radius 1 is 1.18 bits per heavy atom. The van der Waals surface area contributed by atoms with Gasteiger partial charge in [0, 0.05) is 26.2 Å². The molecule has 0 bridgehead atoms. The fourth-order valence-corrected chi connectivity index (χ4v) is 3.58. The van der Waals surface area contributed by atoms with Crippen molar-refractivity contribution in [1.82, 2.24) is 10.2 Å². The molecule has 0 spiro atoms. The Bertz CT molecular complexity index is 330. The van der Waals surface area contributed by atoms with E-state index in [-0.39, 0.29) is 12.1 Å². The van der Waals surface area contributed by atoms with Gasteiger partial charge in [-0.1, -0.05) is 26.2 Å². The first-order valence-electron chi connectivity index (χ1n) is 8.89. The van der Waals surface area contributed by atoms with Crippen LogP contribution in [0.1, 0.15) is 51.9 Å². The third-order valence-electron chi connectivity index (χ3n) is 5.06. The molecule has 1 heterocycles. The number of amides is 2. The zero-order chi connectivity index (χ0) is 15.8. The summed E-state index contributed by atoms with van der Waals surface area (Å²) in [5, 5.41) is 3.25. The highest BCUT2D eigenvalue weighted by atomic mass is 16.5. The van der Waals surface area contributed by atoms with Gasteiger partial charge in [-0.2, -0.15) is 0 Å². The van der Waals surface area contributed by atoms with Crippen molar-refractivity contribution >= 4 is 6.03 Å². The Balaban J connectivity index is 1.66. The predicted octanol–water partition coefficient (Wildman–Crippen LogP) is 2.79. The average molecular weight is 312 g/mol. The summed E-state index contributed by atoms with van der Waals surface area (Å²) < 4.78 is 10.7. The number of hydrogen-bond donors (Lipinski definition) is 1. The maximum atomic E-state index is 12.4. The summed E-state index contributed by atoms with van der Waals surface area (Å²) >= 11 is 0. The van der Waals surface area contributed by atoms with Gasteiger partial charge in [0.05, 0.1) is 19.3 Å². The van der Waals surface area contributed by atoms with Crippen LogP contribution in [0.2, 0.25) is 0 Å². The van der Waals surface area contributed by atoms with Crippen LogP contribution in [-0.4, -0.2) is 56.5 Å². The van der Waals surface area contributed by atoms with Crippen LogP contribution in [0.15, 0.2) is 0 Å². The molecule has 5 heteroatoms. The Morgan fingerprint density at radius 3 is 2.64 bits per heavy atom. The van der Waals surface area contributed by atoms with Crippen molar-refractivity contribution in [3.8, 4) is 0 Å². The Hall–Kier alpha value is -0.810. The van der Waals surface area contributed by atoms with E-state index in [1.54, 1.807) is 7.11 Å². The van der Waals surface area contributed by atoms with Crippen LogP contribution in [0.3, 0.4) is 0 Å². The molecule has 1 aliphatic heterocycles. The molecule has 1 saturated heterocycles. The van der Waals surface area contributed by atoms with Gasteiger partial charge in [-0.15, -0.1) is 0 Å². The van der Waals surface area contributed by atoms with E-state index in [1.165, 1.54) is 19.3 Å². The van der Waals surface area contributed by atoms with Crippen LogP contribution in [-0.2, 0) is 9.47 Å². The number of urea groups is 1. The number of likely N-dealkylation sites (tertiary alicyclic amines) is 1. The van der Waals surface area contributed by atoms with Crippen LogP contribution in [0.4, 0.5) is 4.79 Å². The fraction of sp³-hybridized carbons (Fsp3) is 0.941. The number of carbonyl (C=O) groups is 1. The molecule has 0 radical (unpaired) electrons. The van der Waals surface area contributed by atoms with Gasteiger partial charge in [0.15, 0.2) is 0 Å². The van der Waals surface area contributed by atoms with Crippen LogP contribution in [0, 0.1) is 5.92 Å². The number of rotatable bonds is 6. The standard InChI is InChI=1S/C17H32N2O3/c1-3-14-5-4-6-15(13-14)18-17(20)19-9-7-16(8-10-19)22-12-11-21-2/h14-16H,3-13H2,1-2H3,(H,18,20)/t14-,15-/m0/s1. The fourth-order valence-electron chi connectivity index (χ4n) is 3.58. The van der Waals surface area contributed by atoms with Crippen molar-refractivity contribution in [3.63, 3.8) is 0 Å². The van der Waals surface area contributed by atoms with Crippen LogP contribution >= 0.6 is 0 Å². The van der Waals surface area contributed by atoms with Gasteiger partial charge in [-0.05, 0) is 31.6 Å². The molecule has 128 valence electrons. The van der Waals surface area contributed by atoms with Crippen molar-refractivity contribution in [1.29, 1.82) is 0 Å². The summed E-state index contributed by atoms with van der Waals surface area (Å²) in [5.74, 6) is 0.791. The van der Waals surface area contributed by atoms with Crippen molar-refractivity contribution in [2.75, 3.05) is 33.4 Å². The first-order chi connectivity index (χ1) is 10.7. The van der Waals surface area contributed by atoms with Gasteiger partial charge in [0.25, 0.3) is 0 Å². The molecule has 2 aliphatic rings. The molecule has 0 aromatic carbocycles. The number of nitrogens with one attached hydrogen (secondary N) is 1. The summed E-state index contributed by atoms with van der Waals surface area (Å²) in [6.45, 7) is 5.14. The van der Waals surface area contributed by atoms with Gasteiger partial charge in [0.1, 0.15) is 0 Å². The lowest BCUT2D eigenvalue weighted by molar-refractivity contribution is -0.00940. The molecular weight excluding hydrogens is 280 g/mol. The second-order valence-corrected chi connectivity index (χ2v) is 6.64. The highest BCUT2D eigenvalue weighted by Crippen LogP contribution is 2.26. The monoisotopic (exact) mass is 312 g/mol. The lowest BCUT2D eigenvalue weighted by atomic mass is 9.84. The molecule has 2 amide bonds. The zero-order valence-corrected chi connectivity index (χ0v) is 14.2. The minimum atomic E-state index is 0.122. The average Bonchev–Trinajstić information content (AvgIpc) is 2.56. The Morgan fingerprint density at radius 2 is 1.95 bits per heavy atom. The van der Waals surface area contributed by atoms with Crippen molar-refractivity contribution in [2.45, 2.75) is 64.0 Å². The zero-order valence-electron chi connectivity index (χ0n) is 14.2. The van der Waals surface area contributed by atoms with Gasteiger partial charge >= 0.3 is 6.03 Å². The van der Waals surface area contributed by atoms with E-state index in [0.29, 0.717) is 19.3 Å². The van der Waals surface area contributed by atoms with Crippen LogP contribution in [0.5, 0.6) is 0 Å². The molecule has 0 unspecified atom stereocenters. The smallest absolute Gasteiger partial charge is 0.317 e. The molecule has 1 saturated carbocycles. The summed E-state index contributed by atoms with van der Waals surface area (Å²) in [4.78, 5) is 14.3. The highest BCUT2D eigenvalue weighted by molar-refractivity contribution is 5.74. The summed E-state index contributed by atoms with van der Waals surface area (Å²) in [7, 11) is 1.69. The lowest BCUT2D eigenvalue weighted by Crippen LogP contribution is -2.49. The largest absolute Gasteiger partial charge is 0.382 e. The topological polar surface area (TPSA) is 50.8 Å². The minimum Gasteiger partial charge on any atom is -0.382 e. The van der Waals surface area contributed by atoms with E-state index < -0.39 is 0 Å². The van der Waals surface area contributed by atoms with Gasteiger partial charge < -0.3 is 19.7 Å². The van der Waals surface area contributed by atoms with E-state index in [1.807, 2.05) is 4.90 Å². The molecule has 1 aliphatic carbocycles. The van der Waals surface area contributed by atoms with Crippen molar-refractivity contribution < 1.29 is 14.3 Å². The number of nitrogens with zero attached hydrogens (tertiary/aromatic N) is 1. The lowest BCUT2D eigenvalue weighted by Gasteiger charge is -2.35. The molecule has 22 heavy (non-hydrogen) atoms. The number of hydrogen-bond acceptors (Lipinski definition) is 3. The quantitative estimate of drug-likeness (QED) is 0.767. The number of ether oxygens (including phenoxy) is 2.